The number of amides is 4. The van der Waals surface area contributed by atoms with E-state index in [1.807, 2.05) is 0 Å². The van der Waals surface area contributed by atoms with Gasteiger partial charge < -0.3 is 26.0 Å². The van der Waals surface area contributed by atoms with Crippen LogP contribution in [0.2, 0.25) is 0 Å². The largest absolute Gasteiger partial charge is 0.384 e. The van der Waals surface area contributed by atoms with Gasteiger partial charge in [0.15, 0.2) is 5.13 Å². The quantitative estimate of drug-likeness (QED) is 0.556. The summed E-state index contributed by atoms with van der Waals surface area (Å²) < 4.78 is 12.8. The predicted molar refractivity (Wildman–Crippen MR) is 80.6 cm³/mol. The Bertz CT molecular complexity index is 615. The number of halogens is 1. The number of β-amino-alcohol motifs (C(OH)–C–C–N with tert-alkyl or cyclic N) is 1. The van der Waals surface area contributed by atoms with Crippen LogP contribution in [0, 0.1) is 5.13 Å². The Morgan fingerprint density at radius 1 is 1.35 bits per heavy atom. The van der Waals surface area contributed by atoms with Gasteiger partial charge in [-0.25, -0.2) is 4.79 Å². The second-order valence-corrected chi connectivity index (χ2v) is 6.23. The van der Waals surface area contributed by atoms with Crippen LogP contribution in [0.4, 0.5) is 9.18 Å². The van der Waals surface area contributed by atoms with Gasteiger partial charge in [0.25, 0.3) is 5.91 Å². The Morgan fingerprint density at radius 2 is 2.04 bits per heavy atom. The highest BCUT2D eigenvalue weighted by Gasteiger charge is 2.43. The lowest BCUT2D eigenvalue weighted by molar-refractivity contribution is -0.153. The highest BCUT2D eigenvalue weighted by molar-refractivity contribution is 7.12. The van der Waals surface area contributed by atoms with E-state index in [2.05, 4.69) is 16.0 Å². The number of hydrogen-bond donors (Lipinski definition) is 4. The van der Waals surface area contributed by atoms with E-state index in [0.717, 1.165) is 11.3 Å². The van der Waals surface area contributed by atoms with Crippen LogP contribution in [-0.4, -0.2) is 66.7 Å². The number of hydrogen-bond acceptors (Lipinski definition) is 5. The average molecular weight is 344 g/mol. The second-order valence-electron chi connectivity index (χ2n) is 5.19. The van der Waals surface area contributed by atoms with Crippen molar-refractivity contribution >= 4 is 29.2 Å². The van der Waals surface area contributed by atoms with Gasteiger partial charge in [0.1, 0.15) is 5.60 Å². The van der Waals surface area contributed by atoms with Gasteiger partial charge in [-0.2, -0.15) is 4.39 Å². The SMILES string of the molecule is CNC(=O)NCC(=O)N1CC(O)(CNC(=O)c2ccc(F)s2)C1. The molecule has 0 saturated carbocycles. The standard InChI is InChI=1S/C13H17FN4O4S/c1-15-12(21)16-4-10(19)18-6-13(22,7-18)5-17-11(20)8-2-3-9(14)23-8/h2-3,22H,4-7H2,1H3,(H,17,20)(H2,15,16,21). The van der Waals surface area contributed by atoms with Crippen molar-refractivity contribution < 1.29 is 23.9 Å². The summed E-state index contributed by atoms with van der Waals surface area (Å²) in [6.45, 7) is -0.102. The van der Waals surface area contributed by atoms with Crippen LogP contribution in [-0.2, 0) is 4.79 Å². The third-order valence-electron chi connectivity index (χ3n) is 3.33. The normalized spacial score (nSPS) is 15.5. The van der Waals surface area contributed by atoms with Crippen molar-refractivity contribution in [2.45, 2.75) is 5.60 Å². The number of thiophene rings is 1. The maximum Gasteiger partial charge on any atom is 0.314 e. The first-order valence-electron chi connectivity index (χ1n) is 6.82. The van der Waals surface area contributed by atoms with Crippen molar-refractivity contribution in [2.75, 3.05) is 33.2 Å². The van der Waals surface area contributed by atoms with E-state index in [1.165, 1.54) is 24.1 Å². The van der Waals surface area contributed by atoms with E-state index in [4.69, 9.17) is 0 Å². The fourth-order valence-electron chi connectivity index (χ4n) is 2.08. The van der Waals surface area contributed by atoms with Crippen molar-refractivity contribution in [1.29, 1.82) is 0 Å². The van der Waals surface area contributed by atoms with Crippen molar-refractivity contribution in [1.82, 2.24) is 20.9 Å². The molecule has 1 aliphatic rings. The van der Waals surface area contributed by atoms with Gasteiger partial charge in [-0.1, -0.05) is 0 Å². The number of nitrogens with zero attached hydrogens (tertiary/aromatic N) is 1. The number of aliphatic hydroxyl groups is 1. The number of carbonyl (C=O) groups is 3. The minimum Gasteiger partial charge on any atom is -0.384 e. The Balaban J connectivity index is 1.73. The van der Waals surface area contributed by atoms with Crippen LogP contribution in [0.15, 0.2) is 12.1 Å². The summed E-state index contributed by atoms with van der Waals surface area (Å²) in [6, 6.07) is 2.09. The van der Waals surface area contributed by atoms with Crippen molar-refractivity contribution in [3.8, 4) is 0 Å². The van der Waals surface area contributed by atoms with Gasteiger partial charge in [0.05, 0.1) is 31.1 Å². The summed E-state index contributed by atoms with van der Waals surface area (Å²) in [4.78, 5) is 36.1. The lowest BCUT2D eigenvalue weighted by Crippen LogP contribution is -2.68. The number of likely N-dealkylation sites (tertiary alicyclic amines) is 1. The number of carbonyl (C=O) groups excluding carboxylic acids is 3. The highest BCUT2D eigenvalue weighted by atomic mass is 32.1. The lowest BCUT2D eigenvalue weighted by Gasteiger charge is -2.46. The molecular formula is C13H17FN4O4S. The molecule has 0 aromatic carbocycles. The van der Waals surface area contributed by atoms with E-state index in [1.54, 1.807) is 0 Å². The molecule has 0 aliphatic carbocycles. The smallest absolute Gasteiger partial charge is 0.314 e. The molecule has 23 heavy (non-hydrogen) atoms. The van der Waals surface area contributed by atoms with Crippen LogP contribution >= 0.6 is 11.3 Å². The summed E-state index contributed by atoms with van der Waals surface area (Å²) >= 11 is 0.718. The topological polar surface area (TPSA) is 111 Å². The first-order chi connectivity index (χ1) is 10.8. The molecule has 0 bridgehead atoms. The summed E-state index contributed by atoms with van der Waals surface area (Å²) in [5.74, 6) is -0.802. The first kappa shape index (κ1) is 17.2. The second kappa shape index (κ2) is 6.92. The molecule has 1 aromatic rings. The fourth-order valence-corrected chi connectivity index (χ4v) is 2.72. The molecule has 1 aromatic heterocycles. The maximum atomic E-state index is 12.8. The third-order valence-corrected chi connectivity index (χ3v) is 4.20. The molecule has 1 fully saturated rings. The Morgan fingerprint density at radius 3 is 2.61 bits per heavy atom. The molecule has 10 heteroatoms. The highest BCUT2D eigenvalue weighted by Crippen LogP contribution is 2.20. The Hall–Kier alpha value is -2.20. The van der Waals surface area contributed by atoms with Crippen LogP contribution in [0.25, 0.3) is 0 Å². The first-order valence-corrected chi connectivity index (χ1v) is 7.64. The number of rotatable bonds is 5. The molecule has 0 radical (unpaired) electrons. The van der Waals surface area contributed by atoms with Gasteiger partial charge in [0.2, 0.25) is 5.91 Å². The zero-order valence-electron chi connectivity index (χ0n) is 12.4. The van der Waals surface area contributed by atoms with Crippen LogP contribution in [0.3, 0.4) is 0 Å². The minimum atomic E-state index is -1.21. The van der Waals surface area contributed by atoms with Gasteiger partial charge in [-0.3, -0.25) is 9.59 Å². The van der Waals surface area contributed by atoms with E-state index in [9.17, 15) is 23.9 Å². The summed E-state index contributed by atoms with van der Waals surface area (Å²) in [5.41, 5.74) is -1.21. The zero-order chi connectivity index (χ0) is 17.0. The minimum absolute atomic E-state index is 0.0436. The van der Waals surface area contributed by atoms with Crippen LogP contribution in [0.5, 0.6) is 0 Å². The zero-order valence-corrected chi connectivity index (χ0v) is 13.2. The third kappa shape index (κ3) is 4.39. The number of nitrogens with one attached hydrogen (secondary N) is 3. The van der Waals surface area contributed by atoms with Gasteiger partial charge in [0, 0.05) is 7.05 Å². The van der Waals surface area contributed by atoms with E-state index < -0.39 is 22.7 Å². The summed E-state index contributed by atoms with van der Waals surface area (Å²) in [6.07, 6.45) is 0. The van der Waals surface area contributed by atoms with Gasteiger partial charge >= 0.3 is 6.03 Å². The molecule has 0 spiro atoms. The molecule has 8 nitrogen and oxygen atoms in total. The Labute approximate surface area is 135 Å². The monoisotopic (exact) mass is 344 g/mol. The van der Waals surface area contributed by atoms with Gasteiger partial charge in [-0.05, 0) is 12.1 Å². The van der Waals surface area contributed by atoms with Crippen LogP contribution in [0.1, 0.15) is 9.67 Å². The van der Waals surface area contributed by atoms with Crippen LogP contribution < -0.4 is 16.0 Å². The fraction of sp³-hybridized carbons (Fsp3) is 0.462. The average Bonchev–Trinajstić information content (AvgIpc) is 2.93. The maximum absolute atomic E-state index is 12.8. The van der Waals surface area contributed by atoms with Gasteiger partial charge in [-0.15, -0.1) is 11.3 Å². The molecule has 1 saturated heterocycles. The molecular weight excluding hydrogens is 327 g/mol. The molecule has 2 rings (SSSR count). The number of urea groups is 1. The Kier molecular flexibility index (Phi) is 5.16. The molecule has 0 atom stereocenters. The summed E-state index contributed by atoms with van der Waals surface area (Å²) in [7, 11) is 1.43. The molecule has 0 unspecified atom stereocenters. The van der Waals surface area contributed by atoms with Crippen molar-refractivity contribution in [3.63, 3.8) is 0 Å². The summed E-state index contributed by atoms with van der Waals surface area (Å²) in [5, 5.41) is 16.9. The van der Waals surface area contributed by atoms with E-state index in [-0.39, 0.29) is 37.0 Å². The molecule has 4 amide bonds. The molecule has 4 N–H and O–H groups in total. The van der Waals surface area contributed by atoms with E-state index in [0.29, 0.717) is 0 Å². The lowest BCUT2D eigenvalue weighted by atomic mass is 9.94. The molecule has 2 heterocycles. The van der Waals surface area contributed by atoms with E-state index >= 15 is 0 Å². The van der Waals surface area contributed by atoms with Crippen molar-refractivity contribution in [2.24, 2.45) is 0 Å². The molecule has 1 aliphatic heterocycles. The van der Waals surface area contributed by atoms with Crippen molar-refractivity contribution in [3.05, 3.63) is 22.1 Å². The molecule has 126 valence electrons. The predicted octanol–water partition coefficient (Wildman–Crippen LogP) is -0.881.